The Morgan fingerprint density at radius 2 is 1.29 bits per heavy atom. The number of carbonyl (C=O) groups is 4. The standard InChI is InChI=1S/C10H11F3O3.C6H9ClO.C4H3F3O2.Na/c1-6(10(11,12)13)9(15)16-8-5-3-2-4-7(8)14;7-5-3-1-2-4-6(5)8;1-2(3(8)9)4(5,6)7;/h8H,1-5H2;5H,1-4H2;1H2,(H,8,9);/q;;;+1/p-1. The third-order valence-corrected chi connectivity index (χ3v) is 4.87. The zero-order valence-electron chi connectivity index (χ0n) is 18.3. The minimum absolute atomic E-state index is 0. The zero-order valence-corrected chi connectivity index (χ0v) is 21.1. The van der Waals surface area contributed by atoms with E-state index < -0.39 is 41.5 Å². The molecule has 0 aromatic carbocycles. The van der Waals surface area contributed by atoms with Crippen molar-refractivity contribution in [3.63, 3.8) is 0 Å². The van der Waals surface area contributed by atoms with Gasteiger partial charge in [0.25, 0.3) is 0 Å². The maximum Gasteiger partial charge on any atom is 1.00 e. The van der Waals surface area contributed by atoms with E-state index in [-0.39, 0.29) is 59.3 Å². The van der Waals surface area contributed by atoms with Gasteiger partial charge in [0.2, 0.25) is 0 Å². The second kappa shape index (κ2) is 15.6. The molecule has 0 aromatic heterocycles. The monoisotopic (exact) mass is 530 g/mol. The number of carbonyl (C=O) groups excluding carboxylic acids is 4. The Morgan fingerprint density at radius 3 is 1.59 bits per heavy atom. The fourth-order valence-corrected chi connectivity index (χ4v) is 2.71. The first-order chi connectivity index (χ1) is 15.0. The summed E-state index contributed by atoms with van der Waals surface area (Å²) in [7, 11) is 0. The van der Waals surface area contributed by atoms with Gasteiger partial charge in [0.05, 0.1) is 16.9 Å². The summed E-state index contributed by atoms with van der Waals surface area (Å²) in [5.41, 5.74) is -3.44. The molecule has 0 spiro atoms. The van der Waals surface area contributed by atoms with Gasteiger partial charge in [0, 0.05) is 12.8 Å². The normalized spacial score (nSPS) is 20.3. The van der Waals surface area contributed by atoms with Crippen molar-refractivity contribution in [3.8, 4) is 0 Å². The van der Waals surface area contributed by atoms with Gasteiger partial charge in [-0.2, -0.15) is 26.3 Å². The molecular formula is C20H22ClF6NaO6. The summed E-state index contributed by atoms with van der Waals surface area (Å²) in [6.45, 7) is 4.84. The van der Waals surface area contributed by atoms with Crippen molar-refractivity contribution in [1.29, 1.82) is 0 Å². The molecule has 188 valence electrons. The minimum atomic E-state index is -4.88. The molecule has 2 aliphatic carbocycles. The number of carboxylic acid groups (broad SMARTS) is 1. The van der Waals surface area contributed by atoms with Crippen LogP contribution in [-0.4, -0.2) is 47.3 Å². The third-order valence-electron chi connectivity index (χ3n) is 4.41. The molecule has 0 heterocycles. The number of hydrogen-bond donors (Lipinski definition) is 0. The number of hydrogen-bond acceptors (Lipinski definition) is 6. The molecule has 34 heavy (non-hydrogen) atoms. The molecule has 0 saturated heterocycles. The van der Waals surface area contributed by atoms with Crippen molar-refractivity contribution < 1.29 is 84.9 Å². The predicted octanol–water partition coefficient (Wildman–Crippen LogP) is 0.755. The minimum Gasteiger partial charge on any atom is -0.545 e. The molecule has 2 atom stereocenters. The predicted molar refractivity (Wildman–Crippen MR) is 102 cm³/mol. The molecule has 0 aromatic rings. The Kier molecular flexibility index (Phi) is 16.0. The number of esters is 1. The van der Waals surface area contributed by atoms with Crippen molar-refractivity contribution in [2.75, 3.05) is 0 Å². The number of alkyl halides is 7. The SMILES string of the molecule is C=C(C(=O)OC1CCCCC1=O)C(F)(F)F.C=C(C(=O)[O-])C(F)(F)F.O=C1CCCCC1Cl.[Na+]. The van der Waals surface area contributed by atoms with Gasteiger partial charge in [0.15, 0.2) is 17.7 Å². The van der Waals surface area contributed by atoms with Crippen LogP contribution < -0.4 is 34.7 Å². The van der Waals surface area contributed by atoms with E-state index >= 15 is 0 Å². The van der Waals surface area contributed by atoms with Crippen LogP contribution in [0, 0.1) is 0 Å². The average molecular weight is 531 g/mol. The number of Topliss-reactive ketones (excluding diaryl/α,β-unsaturated/α-hetero) is 2. The van der Waals surface area contributed by atoms with Gasteiger partial charge in [-0.05, 0) is 32.1 Å². The van der Waals surface area contributed by atoms with Gasteiger partial charge in [-0.15, -0.1) is 11.6 Å². The van der Waals surface area contributed by atoms with Crippen LogP contribution in [0.1, 0.15) is 51.4 Å². The van der Waals surface area contributed by atoms with Crippen molar-refractivity contribution in [1.82, 2.24) is 0 Å². The Morgan fingerprint density at radius 1 is 0.853 bits per heavy atom. The van der Waals surface area contributed by atoms with Crippen molar-refractivity contribution in [3.05, 3.63) is 24.3 Å². The van der Waals surface area contributed by atoms with Crippen molar-refractivity contribution in [2.24, 2.45) is 0 Å². The topological polar surface area (TPSA) is 101 Å². The number of rotatable bonds is 3. The first-order valence-electron chi connectivity index (χ1n) is 9.62. The zero-order chi connectivity index (χ0) is 26.0. The molecule has 0 aliphatic heterocycles. The molecule has 0 bridgehead atoms. The Balaban J connectivity index is 0. The van der Waals surface area contributed by atoms with Gasteiger partial charge >= 0.3 is 47.9 Å². The fourth-order valence-electron chi connectivity index (χ4n) is 2.45. The second-order valence-corrected chi connectivity index (χ2v) is 7.55. The summed E-state index contributed by atoms with van der Waals surface area (Å²) >= 11 is 5.62. The fraction of sp³-hybridized carbons (Fsp3) is 0.600. The van der Waals surface area contributed by atoms with Gasteiger partial charge in [-0.25, -0.2) is 4.79 Å². The molecule has 2 unspecified atom stereocenters. The third kappa shape index (κ3) is 13.5. The maximum absolute atomic E-state index is 12.1. The van der Waals surface area contributed by atoms with Crippen LogP contribution in [0.3, 0.4) is 0 Å². The molecule has 14 heteroatoms. The summed E-state index contributed by atoms with van der Waals surface area (Å²) < 4.78 is 74.2. The summed E-state index contributed by atoms with van der Waals surface area (Å²) in [4.78, 5) is 42.3. The van der Waals surface area contributed by atoms with Crippen LogP contribution >= 0.6 is 11.6 Å². The molecule has 2 fully saturated rings. The Hall–Kier alpha value is -1.37. The van der Waals surface area contributed by atoms with E-state index in [1.165, 1.54) is 0 Å². The molecule has 0 N–H and O–H groups in total. The summed E-state index contributed by atoms with van der Waals surface area (Å²) in [5, 5.41) is 9.25. The molecular weight excluding hydrogens is 509 g/mol. The molecule has 2 rings (SSSR count). The second-order valence-electron chi connectivity index (χ2n) is 7.03. The van der Waals surface area contributed by atoms with Gasteiger partial charge in [0.1, 0.15) is 5.57 Å². The molecule has 0 amide bonds. The van der Waals surface area contributed by atoms with E-state index in [1.54, 1.807) is 0 Å². The van der Waals surface area contributed by atoms with Gasteiger partial charge < -0.3 is 14.6 Å². The number of aliphatic carboxylic acids is 1. The van der Waals surface area contributed by atoms with Crippen LogP contribution in [0.5, 0.6) is 0 Å². The summed E-state index contributed by atoms with van der Waals surface area (Å²) in [5.74, 6) is -3.94. The molecule has 2 saturated carbocycles. The Labute approximate surface area is 219 Å². The first kappa shape index (κ1) is 34.8. The van der Waals surface area contributed by atoms with Crippen molar-refractivity contribution in [2.45, 2.75) is 75.2 Å². The van der Waals surface area contributed by atoms with E-state index in [9.17, 15) is 50.6 Å². The van der Waals surface area contributed by atoms with Crippen molar-refractivity contribution >= 4 is 35.1 Å². The summed E-state index contributed by atoms with van der Waals surface area (Å²) in [6.07, 6.45) is -5.08. The first-order valence-corrected chi connectivity index (χ1v) is 10.1. The number of halogens is 7. The van der Waals surface area contributed by atoms with Crippen LogP contribution in [0.2, 0.25) is 0 Å². The largest absolute Gasteiger partial charge is 1.00 e. The van der Waals surface area contributed by atoms with Crippen LogP contribution in [0.15, 0.2) is 24.3 Å². The average Bonchev–Trinajstić information content (AvgIpc) is 2.70. The number of ketones is 2. The van der Waals surface area contributed by atoms with Gasteiger partial charge in [-0.1, -0.05) is 19.6 Å². The number of ether oxygens (including phenoxy) is 1. The molecule has 0 radical (unpaired) electrons. The van der Waals surface area contributed by atoms with E-state index in [2.05, 4.69) is 17.9 Å². The Bertz CT molecular complexity index is 766. The maximum atomic E-state index is 12.1. The quantitative estimate of drug-likeness (QED) is 0.176. The molecule has 6 nitrogen and oxygen atoms in total. The van der Waals surface area contributed by atoms with E-state index in [0.29, 0.717) is 19.3 Å². The van der Waals surface area contributed by atoms with Gasteiger partial charge in [-0.3, -0.25) is 9.59 Å². The van der Waals surface area contributed by atoms with Crippen LogP contribution in [0.4, 0.5) is 26.3 Å². The van der Waals surface area contributed by atoms with E-state index in [4.69, 9.17) is 11.6 Å². The smallest absolute Gasteiger partial charge is 0.545 e. The van der Waals surface area contributed by atoms with E-state index in [1.807, 2.05) is 0 Å². The number of carboxylic acids is 1. The van der Waals surface area contributed by atoms with Crippen LogP contribution in [-0.2, 0) is 23.9 Å². The van der Waals surface area contributed by atoms with E-state index in [0.717, 1.165) is 19.3 Å². The van der Waals surface area contributed by atoms with Crippen LogP contribution in [0.25, 0.3) is 0 Å². The summed E-state index contributed by atoms with van der Waals surface area (Å²) in [6, 6.07) is 0. The molecule has 2 aliphatic rings.